The van der Waals surface area contributed by atoms with Gasteiger partial charge in [-0.05, 0) is 100 Å². The van der Waals surface area contributed by atoms with Crippen molar-refractivity contribution < 1.29 is 67.5 Å². The highest BCUT2D eigenvalue weighted by atomic mass is 32.1. The summed E-state index contributed by atoms with van der Waals surface area (Å²) >= 11 is 1.30. The minimum absolute atomic E-state index is 0.00341. The number of carbonyl (C=O) groups is 7. The van der Waals surface area contributed by atoms with Gasteiger partial charge in [-0.2, -0.15) is 0 Å². The first-order valence-electron chi connectivity index (χ1n) is 30.0. The van der Waals surface area contributed by atoms with E-state index in [-0.39, 0.29) is 103 Å². The molecule has 0 bridgehead atoms. The van der Waals surface area contributed by atoms with Gasteiger partial charge in [-0.1, -0.05) is 79.9 Å². The lowest BCUT2D eigenvalue weighted by Gasteiger charge is -2.40. The molecule has 2 aliphatic rings. The van der Waals surface area contributed by atoms with Gasteiger partial charge in [0.25, 0.3) is 17.7 Å². The van der Waals surface area contributed by atoms with Gasteiger partial charge in [-0.3, -0.25) is 43.4 Å². The van der Waals surface area contributed by atoms with E-state index in [1.165, 1.54) is 28.4 Å². The normalized spacial score (nSPS) is 16.6. The van der Waals surface area contributed by atoms with Crippen molar-refractivity contribution in [3.8, 4) is 5.75 Å². The Balaban J connectivity index is 1.21. The van der Waals surface area contributed by atoms with E-state index < -0.39 is 35.9 Å². The number of aromatic nitrogens is 1. The number of aromatic hydroxyl groups is 1. The smallest absolute Gasteiger partial charge is 0.377 e. The molecule has 2 aromatic rings. The molecule has 0 spiro atoms. The van der Waals surface area contributed by atoms with Gasteiger partial charge in [0.1, 0.15) is 33.5 Å². The van der Waals surface area contributed by atoms with E-state index in [4.69, 9.17) is 28.8 Å². The number of thiazole rings is 1. The van der Waals surface area contributed by atoms with Crippen LogP contribution in [-0.2, 0) is 59.0 Å². The number of imide groups is 1. The highest BCUT2D eigenvalue weighted by molar-refractivity contribution is 7.09. The molecule has 25 heteroatoms. The summed E-state index contributed by atoms with van der Waals surface area (Å²) in [6.07, 6.45) is 10.1. The van der Waals surface area contributed by atoms with Gasteiger partial charge in [-0.25, -0.2) is 15.2 Å². The highest BCUT2D eigenvalue weighted by Crippen LogP contribution is 2.32. The van der Waals surface area contributed by atoms with Crippen LogP contribution in [-0.4, -0.2) is 181 Å². The minimum Gasteiger partial charge on any atom is -0.508 e. The quantitative estimate of drug-likeness (QED) is 0.0281. The monoisotopic (exact) mass is 1200 g/mol. The lowest BCUT2D eigenvalue weighted by molar-refractivity contribution is -0.847. The van der Waals surface area contributed by atoms with Crippen molar-refractivity contribution in [1.29, 1.82) is 0 Å². The number of hydrogen-bond acceptors (Lipinski definition) is 17. The SMILES string of the molecule is CCCOC(CC(C(C)C)N(CCC)C(=O)C(NC(=O)C1CCCCN1C)C(C)CC)c1nc(C(=O)NC(Cc2ccc(O)cc2)CC(C)C(=O)NN[N+](=O)OCCOCCOCCOCCNC(=O)CCCCCN2C(=O)C=CC2=O)cs1. The number of phenols is 1. The van der Waals surface area contributed by atoms with Crippen molar-refractivity contribution in [2.45, 2.75) is 162 Å². The highest BCUT2D eigenvalue weighted by Gasteiger charge is 2.38. The standard InChI is InChI=1S/C59H94N10O14S/c1-9-26-67(59(77)54(42(6)11-3)63-57(76)48-17-14-16-27-66(48)8)49(41(4)5)39-50(82-29-10-2)58-62-47(40-84-58)56(75)61-45(38-44-19-21-46(70)22-20-44)37-43(7)55(74)64-65-69(78)83-36-35-81-34-33-80-32-31-79-30-25-60-51(71)18-13-12-15-28-68-52(72)23-24-53(68)73/h19-24,40-43,45,48-50,54H,9-18,25-39H2,1-8H3,(H5-,60,61,63,64,65,70,71,72,73,74,75,76,78)/p+1. The Labute approximate surface area is 499 Å². The van der Waals surface area contributed by atoms with Gasteiger partial charge in [0.15, 0.2) is 6.61 Å². The van der Waals surface area contributed by atoms with Crippen LogP contribution in [0.5, 0.6) is 5.75 Å². The number of ether oxygens (including phenoxy) is 4. The molecule has 1 aromatic carbocycles. The average Bonchev–Trinajstić information content (AvgIpc) is 4.12. The molecule has 7 unspecified atom stereocenters. The number of hydrazine groups is 2. The summed E-state index contributed by atoms with van der Waals surface area (Å²) in [5.41, 5.74) is 5.48. The number of likely N-dealkylation sites (N-methyl/N-ethyl adjacent to an activating group) is 1. The summed E-state index contributed by atoms with van der Waals surface area (Å²) in [7, 11) is 1.96. The topological polar surface area (TPSA) is 289 Å². The molecule has 6 N–H and O–H groups in total. The van der Waals surface area contributed by atoms with Crippen LogP contribution in [0.2, 0.25) is 0 Å². The molecule has 0 aliphatic carbocycles. The van der Waals surface area contributed by atoms with Crippen LogP contribution in [0.15, 0.2) is 41.8 Å². The third kappa shape index (κ3) is 24.8. The molecule has 7 amide bonds. The van der Waals surface area contributed by atoms with Crippen molar-refractivity contribution in [2.24, 2.45) is 17.8 Å². The van der Waals surface area contributed by atoms with E-state index in [9.17, 15) is 43.6 Å². The van der Waals surface area contributed by atoms with Gasteiger partial charge in [0, 0.05) is 74.6 Å². The van der Waals surface area contributed by atoms with Crippen LogP contribution in [0, 0.1) is 22.7 Å². The third-order valence-corrected chi connectivity index (χ3v) is 15.8. The zero-order chi connectivity index (χ0) is 61.4. The first-order valence-corrected chi connectivity index (χ1v) is 30.9. The maximum atomic E-state index is 14.8. The van der Waals surface area contributed by atoms with Gasteiger partial charge in [-0.15, -0.1) is 11.3 Å². The molecular weight excluding hydrogens is 1100 g/mol. The molecule has 7 atom stereocenters. The van der Waals surface area contributed by atoms with Crippen LogP contribution < -0.4 is 26.9 Å². The van der Waals surface area contributed by atoms with Crippen molar-refractivity contribution in [3.63, 3.8) is 0 Å². The van der Waals surface area contributed by atoms with E-state index >= 15 is 0 Å². The van der Waals surface area contributed by atoms with Crippen LogP contribution in [0.25, 0.3) is 0 Å². The van der Waals surface area contributed by atoms with E-state index in [0.29, 0.717) is 96.0 Å². The average molecular weight is 1200 g/mol. The third-order valence-electron chi connectivity index (χ3n) is 14.8. The molecule has 470 valence electrons. The van der Waals surface area contributed by atoms with E-state index in [0.717, 1.165) is 44.2 Å². The maximum absolute atomic E-state index is 14.8. The number of carbonyl (C=O) groups excluding carboxylic acids is 7. The number of nitrogens with one attached hydrogen (secondary N) is 5. The summed E-state index contributed by atoms with van der Waals surface area (Å²) in [5.74, 6) is -2.68. The first-order chi connectivity index (χ1) is 40.4. The molecule has 1 aromatic heterocycles. The van der Waals surface area contributed by atoms with Crippen molar-refractivity contribution in [1.82, 2.24) is 46.6 Å². The molecule has 3 heterocycles. The minimum atomic E-state index is -0.718. The number of nitrogens with zero attached hydrogens (tertiary/aromatic N) is 5. The Morgan fingerprint density at radius 3 is 2.17 bits per heavy atom. The summed E-state index contributed by atoms with van der Waals surface area (Å²) in [5, 5.41) is 21.3. The van der Waals surface area contributed by atoms with Crippen molar-refractivity contribution in [3.05, 3.63) is 63.0 Å². The van der Waals surface area contributed by atoms with Crippen LogP contribution in [0.3, 0.4) is 0 Å². The number of unbranched alkanes of at least 4 members (excludes halogenated alkanes) is 2. The second-order valence-corrected chi connectivity index (χ2v) is 22.8. The largest absolute Gasteiger partial charge is 0.508 e. The summed E-state index contributed by atoms with van der Waals surface area (Å²) < 4.78 is 22.9. The fourth-order valence-corrected chi connectivity index (χ4v) is 10.7. The Morgan fingerprint density at radius 2 is 1.52 bits per heavy atom. The number of piperidine rings is 1. The van der Waals surface area contributed by atoms with Gasteiger partial charge in [0.05, 0.1) is 45.7 Å². The fourth-order valence-electron chi connectivity index (χ4n) is 9.83. The second kappa shape index (κ2) is 38.8. The number of benzene rings is 1. The number of rotatable bonds is 43. The van der Waals surface area contributed by atoms with Gasteiger partial charge in [0.2, 0.25) is 23.6 Å². The zero-order valence-electron chi connectivity index (χ0n) is 50.7. The van der Waals surface area contributed by atoms with Crippen LogP contribution >= 0.6 is 11.3 Å². The number of phenolic OH excluding ortho intramolecular Hbond substituents is 1. The maximum Gasteiger partial charge on any atom is 0.377 e. The molecule has 1 fully saturated rings. The van der Waals surface area contributed by atoms with Gasteiger partial charge < -0.3 is 44.9 Å². The molecule has 24 nitrogen and oxygen atoms in total. The molecule has 2 aliphatic heterocycles. The molecule has 4 rings (SSSR count). The van der Waals surface area contributed by atoms with Crippen LogP contribution in [0.4, 0.5) is 0 Å². The molecule has 84 heavy (non-hydrogen) atoms. The molecule has 1 saturated heterocycles. The molecule has 0 saturated carbocycles. The zero-order valence-corrected chi connectivity index (χ0v) is 51.6. The summed E-state index contributed by atoms with van der Waals surface area (Å²) in [6, 6.07) is 4.70. The van der Waals surface area contributed by atoms with E-state index in [2.05, 4.69) is 45.7 Å². The summed E-state index contributed by atoms with van der Waals surface area (Å²) in [4.78, 5) is 119. The van der Waals surface area contributed by atoms with Crippen LogP contribution in [0.1, 0.15) is 153 Å². The predicted molar refractivity (Wildman–Crippen MR) is 315 cm³/mol. The summed E-state index contributed by atoms with van der Waals surface area (Å²) in [6.45, 7) is 17.7. The first kappa shape index (κ1) is 70.4. The Kier molecular flexibility index (Phi) is 32.5. The van der Waals surface area contributed by atoms with Gasteiger partial charge >= 0.3 is 5.03 Å². The fraction of sp³-hybridized carbons (Fsp3) is 0.695. The predicted octanol–water partition coefficient (Wildman–Crippen LogP) is 5.25. The van der Waals surface area contributed by atoms with E-state index in [1.54, 1.807) is 36.6 Å². The molecular formula is C59H95N10O14S+. The lowest BCUT2D eigenvalue weighted by Crippen LogP contribution is -2.58. The Hall–Kier alpha value is -6.12. The number of amides is 7. The number of hydrogen-bond donors (Lipinski definition) is 6. The lowest BCUT2D eigenvalue weighted by atomic mass is 9.92. The van der Waals surface area contributed by atoms with E-state index in [1.807, 2.05) is 39.6 Å². The number of likely N-dealkylation sites (tertiary alicyclic amines) is 1. The van der Waals surface area contributed by atoms with Crippen molar-refractivity contribution in [2.75, 3.05) is 86.1 Å². The second-order valence-electron chi connectivity index (χ2n) is 21.9. The van der Waals surface area contributed by atoms with Crippen molar-refractivity contribution >= 4 is 52.7 Å². The Morgan fingerprint density at radius 1 is 0.845 bits per heavy atom. The molecule has 0 radical (unpaired) electrons. The Bertz CT molecular complexity index is 2380.